The number of hydrogen-bond acceptors (Lipinski definition) is 3. The van der Waals surface area contributed by atoms with Gasteiger partial charge in [0.25, 0.3) is 0 Å². The molecule has 0 spiro atoms. The summed E-state index contributed by atoms with van der Waals surface area (Å²) in [4.78, 5) is 2.53. The van der Waals surface area contributed by atoms with Gasteiger partial charge in [0, 0.05) is 32.3 Å². The molecule has 1 rings (SSSR count). The van der Waals surface area contributed by atoms with Gasteiger partial charge in [-0.2, -0.15) is 0 Å². The fraction of sp³-hybridized carbons (Fsp3) is 1.00. The Labute approximate surface area is 100 Å². The van der Waals surface area contributed by atoms with Crippen molar-refractivity contribution in [3.05, 3.63) is 0 Å². The maximum absolute atomic E-state index is 5.89. The highest BCUT2D eigenvalue weighted by Crippen LogP contribution is 2.12. The van der Waals surface area contributed by atoms with Gasteiger partial charge in [0.15, 0.2) is 0 Å². The number of nitrogens with zero attached hydrogens (tertiary/aromatic N) is 1. The van der Waals surface area contributed by atoms with Gasteiger partial charge in [0.2, 0.25) is 0 Å². The molecule has 1 atom stereocenters. The van der Waals surface area contributed by atoms with Crippen molar-refractivity contribution in [3.63, 3.8) is 0 Å². The Kier molecular flexibility index (Phi) is 7.81. The summed E-state index contributed by atoms with van der Waals surface area (Å²) in [6.07, 6.45) is 7.78. The van der Waals surface area contributed by atoms with Gasteiger partial charge in [-0.05, 0) is 12.8 Å². The molecule has 0 amide bonds. The van der Waals surface area contributed by atoms with Gasteiger partial charge in [-0.1, -0.05) is 32.6 Å². The van der Waals surface area contributed by atoms with E-state index < -0.39 is 0 Å². The van der Waals surface area contributed by atoms with Crippen LogP contribution in [-0.2, 0) is 4.74 Å². The van der Waals surface area contributed by atoms with Crippen molar-refractivity contribution >= 4 is 0 Å². The Morgan fingerprint density at radius 2 is 2.06 bits per heavy atom. The van der Waals surface area contributed by atoms with E-state index >= 15 is 0 Å². The lowest BCUT2D eigenvalue weighted by Crippen LogP contribution is -2.42. The maximum Gasteiger partial charge on any atom is 0.0593 e. The van der Waals surface area contributed by atoms with Crippen LogP contribution in [0.25, 0.3) is 0 Å². The lowest BCUT2D eigenvalue weighted by atomic mass is 10.1. The molecule has 3 heteroatoms. The van der Waals surface area contributed by atoms with E-state index in [0.717, 1.165) is 39.3 Å². The molecular weight excluding hydrogens is 200 g/mol. The molecule has 1 fully saturated rings. The third-order valence-electron chi connectivity index (χ3n) is 3.44. The molecule has 1 aliphatic heterocycles. The molecule has 0 bridgehead atoms. The lowest BCUT2D eigenvalue weighted by Gasteiger charge is -2.29. The Bertz CT molecular complexity index is 156. The topological polar surface area (TPSA) is 38.5 Å². The van der Waals surface area contributed by atoms with Crippen LogP contribution in [0.5, 0.6) is 0 Å². The first-order valence-corrected chi connectivity index (χ1v) is 6.90. The van der Waals surface area contributed by atoms with Crippen molar-refractivity contribution < 1.29 is 4.74 Å². The monoisotopic (exact) mass is 228 g/mol. The Balaban J connectivity index is 2.22. The molecule has 96 valence electrons. The van der Waals surface area contributed by atoms with Crippen LogP contribution in [0.1, 0.15) is 45.4 Å². The van der Waals surface area contributed by atoms with Gasteiger partial charge in [-0.15, -0.1) is 0 Å². The highest BCUT2D eigenvalue weighted by Gasteiger charge is 2.17. The Hall–Kier alpha value is -0.120. The van der Waals surface area contributed by atoms with E-state index in [-0.39, 0.29) is 0 Å². The van der Waals surface area contributed by atoms with Gasteiger partial charge in [0.1, 0.15) is 0 Å². The average molecular weight is 228 g/mol. The molecule has 0 saturated carbocycles. The summed E-state index contributed by atoms with van der Waals surface area (Å²) >= 11 is 0. The lowest BCUT2D eigenvalue weighted by molar-refractivity contribution is 0.130. The second kappa shape index (κ2) is 8.97. The summed E-state index contributed by atoms with van der Waals surface area (Å²) in [6, 6.07) is 0.582. The summed E-state index contributed by atoms with van der Waals surface area (Å²) in [6.45, 7) is 7.08. The van der Waals surface area contributed by atoms with Gasteiger partial charge in [-0.25, -0.2) is 0 Å². The van der Waals surface area contributed by atoms with Crippen LogP contribution in [0, 0.1) is 0 Å². The maximum atomic E-state index is 5.89. The highest BCUT2D eigenvalue weighted by atomic mass is 16.5. The highest BCUT2D eigenvalue weighted by molar-refractivity contribution is 4.74. The molecule has 0 aromatic rings. The predicted octanol–water partition coefficient (Wildman–Crippen LogP) is 2.01. The molecule has 16 heavy (non-hydrogen) atoms. The molecule has 0 aromatic carbocycles. The van der Waals surface area contributed by atoms with Crippen molar-refractivity contribution in [1.29, 1.82) is 0 Å². The quantitative estimate of drug-likeness (QED) is 0.677. The van der Waals surface area contributed by atoms with Gasteiger partial charge >= 0.3 is 0 Å². The first kappa shape index (κ1) is 13.9. The molecule has 3 nitrogen and oxygen atoms in total. The standard InChI is InChI=1S/C13H28N2O/c1-2-3-4-5-7-13(12-14)15-8-6-10-16-11-9-15/h13H,2-12,14H2,1H3. The normalized spacial score (nSPS) is 20.6. The van der Waals surface area contributed by atoms with Crippen LogP contribution in [0.3, 0.4) is 0 Å². The van der Waals surface area contributed by atoms with Crippen LogP contribution >= 0.6 is 0 Å². The molecule has 1 saturated heterocycles. The van der Waals surface area contributed by atoms with Crippen LogP contribution < -0.4 is 5.73 Å². The van der Waals surface area contributed by atoms with Crippen molar-refractivity contribution in [1.82, 2.24) is 4.90 Å². The minimum atomic E-state index is 0.582. The second-order valence-corrected chi connectivity index (χ2v) is 4.74. The van der Waals surface area contributed by atoms with Gasteiger partial charge in [-0.3, -0.25) is 4.90 Å². The van der Waals surface area contributed by atoms with E-state index in [1.54, 1.807) is 0 Å². The largest absolute Gasteiger partial charge is 0.380 e. The zero-order valence-electron chi connectivity index (χ0n) is 10.8. The molecule has 1 unspecified atom stereocenters. The minimum Gasteiger partial charge on any atom is -0.380 e. The second-order valence-electron chi connectivity index (χ2n) is 4.74. The van der Waals surface area contributed by atoms with E-state index in [4.69, 9.17) is 10.5 Å². The number of nitrogens with two attached hydrogens (primary N) is 1. The fourth-order valence-corrected chi connectivity index (χ4v) is 2.39. The Morgan fingerprint density at radius 3 is 2.81 bits per heavy atom. The first-order chi connectivity index (χ1) is 7.88. The molecular formula is C13H28N2O. The third-order valence-corrected chi connectivity index (χ3v) is 3.44. The van der Waals surface area contributed by atoms with Gasteiger partial charge in [0.05, 0.1) is 6.61 Å². The fourth-order valence-electron chi connectivity index (χ4n) is 2.39. The van der Waals surface area contributed by atoms with Crippen LogP contribution in [0.4, 0.5) is 0 Å². The summed E-state index contributed by atoms with van der Waals surface area (Å²) in [7, 11) is 0. The van der Waals surface area contributed by atoms with E-state index in [9.17, 15) is 0 Å². The minimum absolute atomic E-state index is 0.582. The number of rotatable bonds is 7. The van der Waals surface area contributed by atoms with E-state index in [2.05, 4.69) is 11.8 Å². The zero-order chi connectivity index (χ0) is 11.6. The molecule has 1 heterocycles. The summed E-state index contributed by atoms with van der Waals surface area (Å²) < 4.78 is 5.48. The molecule has 0 aliphatic carbocycles. The smallest absolute Gasteiger partial charge is 0.0593 e. The van der Waals surface area contributed by atoms with Crippen molar-refractivity contribution in [2.45, 2.75) is 51.5 Å². The number of unbranched alkanes of at least 4 members (excludes halogenated alkanes) is 3. The zero-order valence-corrected chi connectivity index (χ0v) is 10.8. The molecule has 0 radical (unpaired) electrons. The predicted molar refractivity (Wildman–Crippen MR) is 68.6 cm³/mol. The van der Waals surface area contributed by atoms with E-state index in [1.807, 2.05) is 0 Å². The molecule has 2 N–H and O–H groups in total. The Morgan fingerprint density at radius 1 is 1.19 bits per heavy atom. The number of hydrogen-bond donors (Lipinski definition) is 1. The SMILES string of the molecule is CCCCCCC(CN)N1CCCOCC1. The van der Waals surface area contributed by atoms with Crippen LogP contribution in [0.2, 0.25) is 0 Å². The summed E-state index contributed by atoms with van der Waals surface area (Å²) in [5, 5.41) is 0. The average Bonchev–Trinajstić information content (AvgIpc) is 2.58. The van der Waals surface area contributed by atoms with Crippen molar-refractivity contribution in [2.24, 2.45) is 5.73 Å². The summed E-state index contributed by atoms with van der Waals surface area (Å²) in [5.74, 6) is 0. The first-order valence-electron chi connectivity index (χ1n) is 6.90. The number of ether oxygens (including phenoxy) is 1. The van der Waals surface area contributed by atoms with E-state index in [0.29, 0.717) is 6.04 Å². The van der Waals surface area contributed by atoms with Gasteiger partial charge < -0.3 is 10.5 Å². The van der Waals surface area contributed by atoms with E-state index in [1.165, 1.54) is 32.1 Å². The van der Waals surface area contributed by atoms with Crippen LogP contribution in [-0.4, -0.2) is 43.8 Å². The molecule has 1 aliphatic rings. The summed E-state index contributed by atoms with van der Waals surface area (Å²) in [5.41, 5.74) is 5.89. The third kappa shape index (κ3) is 5.28. The molecule has 0 aromatic heterocycles. The van der Waals surface area contributed by atoms with Crippen LogP contribution in [0.15, 0.2) is 0 Å². The van der Waals surface area contributed by atoms with Crippen molar-refractivity contribution in [3.8, 4) is 0 Å². The van der Waals surface area contributed by atoms with Crippen molar-refractivity contribution in [2.75, 3.05) is 32.8 Å².